The summed E-state index contributed by atoms with van der Waals surface area (Å²) < 4.78 is 0. The topological polar surface area (TPSA) is 49.8 Å². The Hall–Kier alpha value is -1.16. The predicted molar refractivity (Wildman–Crippen MR) is 62.8 cm³/mol. The first-order chi connectivity index (χ1) is 7.01. The van der Waals surface area contributed by atoms with E-state index >= 15 is 0 Å². The second kappa shape index (κ2) is 5.07. The lowest BCUT2D eigenvalue weighted by atomic mass is 10.1. The Morgan fingerprint density at radius 1 is 1.20 bits per heavy atom. The molecule has 0 bridgehead atoms. The first-order valence-corrected chi connectivity index (χ1v) is 5.31. The summed E-state index contributed by atoms with van der Waals surface area (Å²) in [5.41, 5.74) is 1.23. The van der Waals surface area contributed by atoms with E-state index in [2.05, 4.69) is 41.4 Å². The second-order valence-corrected chi connectivity index (χ2v) is 4.55. The Bertz CT molecular complexity index is 286. The summed E-state index contributed by atoms with van der Waals surface area (Å²) in [5.74, 6) is 0.692. The maximum Gasteiger partial charge on any atom is 0.222 e. The van der Waals surface area contributed by atoms with Crippen LogP contribution in [0.2, 0.25) is 0 Å². The van der Waals surface area contributed by atoms with Crippen molar-refractivity contribution in [3.63, 3.8) is 0 Å². The Balaban J connectivity index is 2.50. The van der Waals surface area contributed by atoms with Gasteiger partial charge < -0.3 is 10.6 Å². The zero-order chi connectivity index (χ0) is 11.3. The number of nitrogens with zero attached hydrogens (tertiary/aromatic N) is 2. The molecule has 0 fully saturated rings. The minimum atomic E-state index is 0.125. The van der Waals surface area contributed by atoms with E-state index in [-0.39, 0.29) is 5.54 Å². The monoisotopic (exact) mass is 208 g/mol. The van der Waals surface area contributed by atoms with E-state index in [0.717, 1.165) is 18.7 Å². The smallest absolute Gasteiger partial charge is 0.222 e. The summed E-state index contributed by atoms with van der Waals surface area (Å²) in [7, 11) is 0. The fraction of sp³-hybridized carbons (Fsp3) is 0.636. The van der Waals surface area contributed by atoms with Crippen LogP contribution in [0, 0.1) is 0 Å². The first-order valence-electron chi connectivity index (χ1n) is 5.31. The normalized spacial score (nSPS) is 11.5. The molecule has 0 aliphatic rings. The SMILES string of the molecule is CCNc1ncc(CNC(C)(C)C)cn1. The lowest BCUT2D eigenvalue weighted by molar-refractivity contribution is 0.423. The van der Waals surface area contributed by atoms with Crippen molar-refractivity contribution < 1.29 is 0 Å². The van der Waals surface area contributed by atoms with Crippen molar-refractivity contribution in [2.24, 2.45) is 0 Å². The quantitative estimate of drug-likeness (QED) is 0.792. The summed E-state index contributed by atoms with van der Waals surface area (Å²) in [6.07, 6.45) is 3.70. The van der Waals surface area contributed by atoms with Crippen LogP contribution in [-0.4, -0.2) is 22.1 Å². The van der Waals surface area contributed by atoms with E-state index in [0.29, 0.717) is 5.95 Å². The average molecular weight is 208 g/mol. The number of aromatic nitrogens is 2. The van der Waals surface area contributed by atoms with Crippen molar-refractivity contribution in [3.8, 4) is 0 Å². The van der Waals surface area contributed by atoms with Crippen molar-refractivity contribution >= 4 is 5.95 Å². The molecule has 0 radical (unpaired) electrons. The lowest BCUT2D eigenvalue weighted by Gasteiger charge is -2.20. The van der Waals surface area contributed by atoms with E-state index in [1.165, 1.54) is 0 Å². The van der Waals surface area contributed by atoms with Gasteiger partial charge in [-0.15, -0.1) is 0 Å². The third-order valence-electron chi connectivity index (χ3n) is 1.86. The second-order valence-electron chi connectivity index (χ2n) is 4.55. The number of hydrogen-bond acceptors (Lipinski definition) is 4. The van der Waals surface area contributed by atoms with E-state index < -0.39 is 0 Å². The van der Waals surface area contributed by atoms with Crippen LogP contribution in [0.1, 0.15) is 33.3 Å². The Labute approximate surface area is 91.5 Å². The molecule has 1 aromatic heterocycles. The van der Waals surface area contributed by atoms with Crippen molar-refractivity contribution in [1.82, 2.24) is 15.3 Å². The third kappa shape index (κ3) is 4.74. The van der Waals surface area contributed by atoms with Gasteiger partial charge in [-0.2, -0.15) is 0 Å². The van der Waals surface area contributed by atoms with Crippen LogP contribution in [0.15, 0.2) is 12.4 Å². The highest BCUT2D eigenvalue weighted by molar-refractivity contribution is 5.24. The minimum Gasteiger partial charge on any atom is -0.355 e. The minimum absolute atomic E-state index is 0.125. The highest BCUT2D eigenvalue weighted by Crippen LogP contribution is 2.03. The van der Waals surface area contributed by atoms with Gasteiger partial charge in [0.2, 0.25) is 5.95 Å². The van der Waals surface area contributed by atoms with Crippen molar-refractivity contribution in [1.29, 1.82) is 0 Å². The van der Waals surface area contributed by atoms with Gasteiger partial charge in [0, 0.05) is 36.6 Å². The number of hydrogen-bond donors (Lipinski definition) is 2. The summed E-state index contributed by atoms with van der Waals surface area (Å²) in [5, 5.41) is 6.45. The van der Waals surface area contributed by atoms with Crippen LogP contribution >= 0.6 is 0 Å². The van der Waals surface area contributed by atoms with Crippen molar-refractivity contribution in [2.45, 2.75) is 39.8 Å². The molecule has 0 atom stereocenters. The Kier molecular flexibility index (Phi) is 4.03. The molecule has 1 heterocycles. The molecule has 84 valence electrons. The summed E-state index contributed by atoms with van der Waals surface area (Å²) >= 11 is 0. The van der Waals surface area contributed by atoms with Crippen LogP contribution in [0.25, 0.3) is 0 Å². The molecule has 1 aromatic rings. The number of nitrogens with one attached hydrogen (secondary N) is 2. The van der Waals surface area contributed by atoms with Crippen LogP contribution in [0.5, 0.6) is 0 Å². The van der Waals surface area contributed by atoms with Gasteiger partial charge >= 0.3 is 0 Å². The van der Waals surface area contributed by atoms with Gasteiger partial charge in [-0.3, -0.25) is 0 Å². The van der Waals surface area contributed by atoms with Crippen LogP contribution in [0.3, 0.4) is 0 Å². The molecule has 0 aliphatic carbocycles. The average Bonchev–Trinajstić information content (AvgIpc) is 2.16. The maximum atomic E-state index is 4.21. The van der Waals surface area contributed by atoms with Crippen molar-refractivity contribution in [3.05, 3.63) is 18.0 Å². The van der Waals surface area contributed by atoms with Gasteiger partial charge in [0.05, 0.1) is 0 Å². The largest absolute Gasteiger partial charge is 0.355 e. The fourth-order valence-corrected chi connectivity index (χ4v) is 1.06. The van der Waals surface area contributed by atoms with E-state index in [9.17, 15) is 0 Å². The van der Waals surface area contributed by atoms with E-state index in [1.807, 2.05) is 19.3 Å². The van der Waals surface area contributed by atoms with Gasteiger partial charge in [0.1, 0.15) is 0 Å². The van der Waals surface area contributed by atoms with Gasteiger partial charge in [-0.05, 0) is 27.7 Å². The predicted octanol–water partition coefficient (Wildman–Crippen LogP) is 1.80. The molecule has 2 N–H and O–H groups in total. The molecular formula is C11H20N4. The number of rotatable bonds is 4. The molecule has 4 nitrogen and oxygen atoms in total. The highest BCUT2D eigenvalue weighted by atomic mass is 15.1. The Morgan fingerprint density at radius 2 is 1.80 bits per heavy atom. The van der Waals surface area contributed by atoms with Crippen molar-refractivity contribution in [2.75, 3.05) is 11.9 Å². The molecule has 0 spiro atoms. The van der Waals surface area contributed by atoms with Gasteiger partial charge in [0.15, 0.2) is 0 Å². The molecule has 0 saturated heterocycles. The maximum absolute atomic E-state index is 4.21. The van der Waals surface area contributed by atoms with Gasteiger partial charge in [-0.25, -0.2) is 9.97 Å². The molecule has 4 heteroatoms. The summed E-state index contributed by atoms with van der Waals surface area (Å²) in [4.78, 5) is 8.41. The van der Waals surface area contributed by atoms with E-state index in [1.54, 1.807) is 0 Å². The molecule has 1 rings (SSSR count). The zero-order valence-corrected chi connectivity index (χ0v) is 9.96. The molecular weight excluding hydrogens is 188 g/mol. The standard InChI is InChI=1S/C11H20N4/c1-5-12-10-13-6-9(7-14-10)8-15-11(2,3)4/h6-7,15H,5,8H2,1-4H3,(H,12,13,14). The molecule has 0 amide bonds. The summed E-state index contributed by atoms with van der Waals surface area (Å²) in [6.45, 7) is 10.1. The highest BCUT2D eigenvalue weighted by Gasteiger charge is 2.08. The van der Waals surface area contributed by atoms with Gasteiger partial charge in [-0.1, -0.05) is 0 Å². The third-order valence-corrected chi connectivity index (χ3v) is 1.86. The van der Waals surface area contributed by atoms with Crippen LogP contribution in [-0.2, 0) is 6.54 Å². The summed E-state index contributed by atoms with van der Waals surface area (Å²) in [6, 6.07) is 0. The van der Waals surface area contributed by atoms with Crippen LogP contribution in [0.4, 0.5) is 5.95 Å². The molecule has 0 saturated carbocycles. The van der Waals surface area contributed by atoms with E-state index in [4.69, 9.17) is 0 Å². The molecule has 0 unspecified atom stereocenters. The van der Waals surface area contributed by atoms with Crippen LogP contribution < -0.4 is 10.6 Å². The lowest BCUT2D eigenvalue weighted by Crippen LogP contribution is -2.35. The first kappa shape index (κ1) is 11.9. The number of anilines is 1. The Morgan fingerprint density at radius 3 is 2.27 bits per heavy atom. The van der Waals surface area contributed by atoms with Gasteiger partial charge in [0.25, 0.3) is 0 Å². The zero-order valence-electron chi connectivity index (χ0n) is 9.96. The molecule has 0 aromatic carbocycles. The molecule has 15 heavy (non-hydrogen) atoms. The molecule has 0 aliphatic heterocycles. The fourth-order valence-electron chi connectivity index (χ4n) is 1.06.